The normalized spacial score (nSPS) is 12.6. The van der Waals surface area contributed by atoms with Crippen LogP contribution in [-0.4, -0.2) is 29.1 Å². The fourth-order valence-electron chi connectivity index (χ4n) is 5.19. The van der Waals surface area contributed by atoms with Crippen LogP contribution >= 0.6 is 0 Å². The quantitative estimate of drug-likeness (QED) is 0.223. The van der Waals surface area contributed by atoms with Gasteiger partial charge in [-0.3, -0.25) is 0 Å². The third-order valence-corrected chi connectivity index (χ3v) is 7.24. The molecule has 8 bridgehead atoms. The molecule has 0 aliphatic carbocycles. The Kier molecular flexibility index (Phi) is 6.55. The molecule has 7 heterocycles. The number of imidazole rings is 2. The van der Waals surface area contributed by atoms with Crippen molar-refractivity contribution in [3.63, 3.8) is 0 Å². The molecule has 0 atom stereocenters. The van der Waals surface area contributed by atoms with E-state index in [1.54, 1.807) is 46.1 Å². The van der Waals surface area contributed by atoms with Gasteiger partial charge in [-0.1, -0.05) is 24.3 Å². The van der Waals surface area contributed by atoms with E-state index in [-0.39, 0.29) is 28.3 Å². The van der Waals surface area contributed by atoms with Crippen LogP contribution in [0.15, 0.2) is 49.1 Å². The van der Waals surface area contributed by atoms with E-state index >= 15 is 0 Å². The zero-order chi connectivity index (χ0) is 28.5. The summed E-state index contributed by atoms with van der Waals surface area (Å²) in [5, 5.41) is 0. The van der Waals surface area contributed by atoms with Crippen molar-refractivity contribution in [3.05, 3.63) is 83.0 Å². The summed E-state index contributed by atoms with van der Waals surface area (Å²) in [5.41, 5.74) is 3.58. The molecule has 1 radical (unpaired) electrons. The van der Waals surface area contributed by atoms with Gasteiger partial charge in [-0.05, 0) is 36.8 Å². The van der Waals surface area contributed by atoms with Gasteiger partial charge >= 0.3 is 23.2 Å². The van der Waals surface area contributed by atoms with E-state index in [4.69, 9.17) is 9.97 Å². The number of rotatable bonds is 2. The number of aromatic nitrogens is 8. The number of aryl methyl sites for hydroxylation is 3. The Morgan fingerprint density at radius 1 is 0.643 bits per heavy atom. The Hall–Kier alpha value is -4.67. The van der Waals surface area contributed by atoms with Crippen molar-refractivity contribution >= 4 is 46.4 Å². The molecule has 8 nitrogen and oxygen atoms in total. The summed E-state index contributed by atoms with van der Waals surface area (Å²) < 4.78 is 47.5. The first-order chi connectivity index (χ1) is 19.7. The molecule has 0 fully saturated rings. The van der Waals surface area contributed by atoms with Crippen LogP contribution < -0.4 is 9.97 Å². The van der Waals surface area contributed by atoms with Crippen molar-refractivity contribution < 1.29 is 30.2 Å². The summed E-state index contributed by atoms with van der Waals surface area (Å²) in [6.07, 6.45) is 8.67. The van der Waals surface area contributed by atoms with Crippen molar-refractivity contribution in [3.8, 4) is 22.8 Å². The first-order valence-corrected chi connectivity index (χ1v) is 12.7. The molecule has 0 N–H and O–H groups in total. The SMILES string of the molecule is Cc1c2nc(c(-c3nccn3C)c3ccc([n-]3)c(C(F)(F)F)c3nc(c(-c4nccn4C)c4ccc1[n-]4)C=C3)C=C2.[Mn+2]. The number of fused-ring (bicyclic) bond motifs is 8. The Morgan fingerprint density at radius 2 is 1.10 bits per heavy atom. The van der Waals surface area contributed by atoms with Crippen LogP contribution in [0.25, 0.3) is 69.1 Å². The van der Waals surface area contributed by atoms with Crippen LogP contribution in [-0.2, 0) is 37.3 Å². The Labute approximate surface area is 248 Å². The minimum atomic E-state index is -4.72. The molecule has 0 amide bonds. The average Bonchev–Trinajstić information content (AvgIpc) is 3.76. The van der Waals surface area contributed by atoms with Gasteiger partial charge in [-0.2, -0.15) is 13.2 Å². The van der Waals surface area contributed by atoms with E-state index < -0.39 is 11.7 Å². The molecule has 12 heteroatoms. The first-order valence-electron chi connectivity index (χ1n) is 12.7. The number of hydrogen-bond donors (Lipinski definition) is 0. The fraction of sp³-hybridized carbons (Fsp3) is 0.133. The topological polar surface area (TPSA) is 89.6 Å². The summed E-state index contributed by atoms with van der Waals surface area (Å²) in [7, 11) is 3.63. The molecule has 7 rings (SSSR count). The largest absolute Gasteiger partial charge is 2.00 e. The van der Waals surface area contributed by atoms with E-state index in [9.17, 15) is 13.2 Å². The summed E-state index contributed by atoms with van der Waals surface area (Å²) >= 11 is 0. The maximum Gasteiger partial charge on any atom is 2.00 e. The molecule has 0 aromatic carbocycles. The van der Waals surface area contributed by atoms with Gasteiger partial charge in [0.2, 0.25) is 0 Å². The molecule has 0 saturated carbocycles. The molecule has 0 unspecified atom stereocenters. The monoisotopic (exact) mass is 605 g/mol. The zero-order valence-electron chi connectivity index (χ0n) is 22.5. The van der Waals surface area contributed by atoms with Crippen molar-refractivity contribution in [2.45, 2.75) is 13.1 Å². The molecule has 0 saturated heterocycles. The van der Waals surface area contributed by atoms with E-state index in [1.165, 1.54) is 12.1 Å². The summed E-state index contributed by atoms with van der Waals surface area (Å²) in [4.78, 5) is 27.6. The Morgan fingerprint density at radius 3 is 1.62 bits per heavy atom. The van der Waals surface area contributed by atoms with Gasteiger partial charge in [0.05, 0.1) is 28.3 Å². The number of alkyl halides is 3. The third-order valence-electron chi connectivity index (χ3n) is 7.24. The molecule has 5 aromatic rings. The molecule has 2 aliphatic rings. The summed E-state index contributed by atoms with van der Waals surface area (Å²) in [6.45, 7) is 1.94. The van der Waals surface area contributed by atoms with Gasteiger partial charge in [0.25, 0.3) is 0 Å². The first kappa shape index (κ1) is 27.5. The average molecular weight is 605 g/mol. The number of hydrogen-bond acceptors (Lipinski definition) is 4. The second kappa shape index (κ2) is 10.0. The predicted molar refractivity (Wildman–Crippen MR) is 151 cm³/mol. The standard InChI is InChI=1S/C30H21F3N8.Mn/c1-16-17-4-6-19(36-17)25(28-34-12-14-40(28)2)21-8-10-23(38-21)27(30(31,32)33)24-11-9-22(39-24)26(20-7-5-18(16)37-20)29-35-13-15-41(29)3;/h4-15H,1-3H3;/q-2;+2. The molecule has 0 spiro atoms. The molecule has 42 heavy (non-hydrogen) atoms. The van der Waals surface area contributed by atoms with Crippen LogP contribution in [0.5, 0.6) is 0 Å². The van der Waals surface area contributed by atoms with Crippen molar-refractivity contribution in [2.75, 3.05) is 0 Å². The minimum absolute atomic E-state index is 0. The van der Waals surface area contributed by atoms with Gasteiger partial charge in [0, 0.05) is 50.0 Å². The second-order valence-corrected chi connectivity index (χ2v) is 9.83. The van der Waals surface area contributed by atoms with Crippen LogP contribution in [0.3, 0.4) is 0 Å². The molecular weight excluding hydrogens is 584 g/mol. The second-order valence-electron chi connectivity index (χ2n) is 9.83. The van der Waals surface area contributed by atoms with E-state index in [2.05, 4.69) is 19.9 Å². The Bertz CT molecular complexity index is 2050. The van der Waals surface area contributed by atoms with Crippen LogP contribution in [0.4, 0.5) is 13.2 Å². The number of halogens is 3. The van der Waals surface area contributed by atoms with Gasteiger partial charge in [-0.25, -0.2) is 19.9 Å². The van der Waals surface area contributed by atoms with Crippen molar-refractivity contribution in [1.29, 1.82) is 0 Å². The van der Waals surface area contributed by atoms with Crippen molar-refractivity contribution in [2.24, 2.45) is 14.1 Å². The smallest absolute Gasteiger partial charge is 0.657 e. The van der Waals surface area contributed by atoms with Gasteiger partial charge in [-0.15, -0.1) is 22.1 Å². The maximum atomic E-state index is 14.6. The summed E-state index contributed by atoms with van der Waals surface area (Å²) in [6, 6.07) is 6.62. The van der Waals surface area contributed by atoms with E-state index in [1.807, 2.05) is 45.3 Å². The molecule has 2 aliphatic heterocycles. The van der Waals surface area contributed by atoms with Gasteiger partial charge in [0.15, 0.2) is 0 Å². The maximum absolute atomic E-state index is 14.6. The van der Waals surface area contributed by atoms with E-state index in [0.717, 1.165) is 5.56 Å². The zero-order valence-corrected chi connectivity index (χ0v) is 23.7. The predicted octanol–water partition coefficient (Wildman–Crippen LogP) is 6.04. The third kappa shape index (κ3) is 4.40. The molecule has 5 aromatic heterocycles. The van der Waals surface area contributed by atoms with Crippen LogP contribution in [0, 0.1) is 6.92 Å². The minimum Gasteiger partial charge on any atom is -0.657 e. The molecular formula is C30H21F3MnN8. The number of nitrogens with zero attached hydrogens (tertiary/aromatic N) is 8. The van der Waals surface area contributed by atoms with E-state index in [0.29, 0.717) is 56.4 Å². The van der Waals surface area contributed by atoms with Gasteiger partial charge in [0.1, 0.15) is 11.6 Å². The van der Waals surface area contributed by atoms with Crippen LogP contribution in [0.1, 0.15) is 33.9 Å². The fourth-order valence-corrected chi connectivity index (χ4v) is 5.19. The Balaban J connectivity index is 0.00000316. The van der Waals surface area contributed by atoms with Crippen molar-refractivity contribution in [1.82, 2.24) is 39.0 Å². The summed E-state index contributed by atoms with van der Waals surface area (Å²) in [5.74, 6) is 1.06. The van der Waals surface area contributed by atoms with Gasteiger partial charge < -0.3 is 19.1 Å². The van der Waals surface area contributed by atoms with Crippen LogP contribution in [0.2, 0.25) is 0 Å². The molecule has 209 valence electrons.